The number of hydrogen-bond donors (Lipinski definition) is 2. The second-order valence-corrected chi connectivity index (χ2v) is 7.68. The molecule has 168 valence electrons. The Morgan fingerprint density at radius 1 is 0.970 bits per heavy atom. The molecule has 0 bridgehead atoms. The molecule has 0 fully saturated rings. The Bertz CT molecular complexity index is 1260. The number of methoxy groups -OCH3 is 2. The zero-order valence-electron chi connectivity index (χ0n) is 18.6. The normalized spacial score (nSPS) is 11.7. The smallest absolute Gasteiger partial charge is 0.221 e. The summed E-state index contributed by atoms with van der Waals surface area (Å²) in [6, 6.07) is 22.1. The molecule has 0 saturated carbocycles. The lowest BCUT2D eigenvalue weighted by molar-refractivity contribution is -0.121. The van der Waals surface area contributed by atoms with Gasteiger partial charge in [0.05, 0.1) is 20.3 Å². The molecule has 1 amide bonds. The van der Waals surface area contributed by atoms with E-state index in [1.807, 2.05) is 66.7 Å². The predicted molar refractivity (Wildman–Crippen MR) is 128 cm³/mol. The summed E-state index contributed by atoms with van der Waals surface area (Å²) in [4.78, 5) is 17.3. The van der Waals surface area contributed by atoms with Gasteiger partial charge in [0.2, 0.25) is 5.91 Å². The van der Waals surface area contributed by atoms with E-state index in [1.165, 1.54) is 0 Å². The van der Waals surface area contributed by atoms with Gasteiger partial charge in [0, 0.05) is 23.6 Å². The number of nitrogens with zero attached hydrogens (tertiary/aromatic N) is 1. The van der Waals surface area contributed by atoms with Crippen molar-refractivity contribution in [3.05, 3.63) is 95.7 Å². The first-order valence-corrected chi connectivity index (χ1v) is 10.7. The van der Waals surface area contributed by atoms with Crippen LogP contribution < -0.4 is 14.8 Å². The first-order valence-electron chi connectivity index (χ1n) is 10.7. The fraction of sp³-hybridized carbons (Fsp3) is 0.185. The van der Waals surface area contributed by atoms with E-state index in [2.05, 4.69) is 10.3 Å². The van der Waals surface area contributed by atoms with Gasteiger partial charge < -0.3 is 19.9 Å². The van der Waals surface area contributed by atoms with E-state index in [4.69, 9.17) is 9.47 Å². The zero-order chi connectivity index (χ0) is 23.2. The van der Waals surface area contributed by atoms with Crippen molar-refractivity contribution in [1.29, 1.82) is 0 Å². The van der Waals surface area contributed by atoms with Crippen molar-refractivity contribution in [2.45, 2.75) is 18.9 Å². The summed E-state index contributed by atoms with van der Waals surface area (Å²) in [5, 5.41) is 15.0. The van der Waals surface area contributed by atoms with Crippen molar-refractivity contribution in [2.75, 3.05) is 14.2 Å². The van der Waals surface area contributed by atoms with E-state index in [0.29, 0.717) is 35.4 Å². The number of aromatic hydroxyl groups is 1. The van der Waals surface area contributed by atoms with Gasteiger partial charge in [-0.1, -0.05) is 54.6 Å². The Labute approximate surface area is 192 Å². The van der Waals surface area contributed by atoms with Crippen LogP contribution in [0.25, 0.3) is 10.9 Å². The van der Waals surface area contributed by atoms with E-state index in [1.54, 1.807) is 26.5 Å². The quantitative estimate of drug-likeness (QED) is 0.410. The fourth-order valence-corrected chi connectivity index (χ4v) is 3.89. The van der Waals surface area contributed by atoms with E-state index >= 15 is 0 Å². The van der Waals surface area contributed by atoms with Gasteiger partial charge in [-0.15, -0.1) is 0 Å². The highest BCUT2D eigenvalue weighted by atomic mass is 16.5. The number of benzene rings is 3. The average Bonchev–Trinajstić information content (AvgIpc) is 2.87. The number of carbonyl (C=O) groups is 1. The van der Waals surface area contributed by atoms with Crippen LogP contribution in [-0.4, -0.2) is 30.2 Å². The van der Waals surface area contributed by atoms with Crippen LogP contribution in [0.15, 0.2) is 79.0 Å². The second-order valence-electron chi connectivity index (χ2n) is 7.68. The summed E-state index contributed by atoms with van der Waals surface area (Å²) in [6.07, 6.45) is 2.58. The van der Waals surface area contributed by atoms with Crippen LogP contribution in [0.1, 0.15) is 29.2 Å². The lowest BCUT2D eigenvalue weighted by atomic mass is 9.95. The molecule has 1 heterocycles. The van der Waals surface area contributed by atoms with Crippen molar-refractivity contribution in [3.63, 3.8) is 0 Å². The molecule has 6 heteroatoms. The van der Waals surface area contributed by atoms with Crippen LogP contribution >= 0.6 is 0 Å². The van der Waals surface area contributed by atoms with E-state index in [0.717, 1.165) is 16.5 Å². The number of phenolic OH excluding ortho intramolecular Hbond substituents is 1. The van der Waals surface area contributed by atoms with Crippen molar-refractivity contribution in [1.82, 2.24) is 10.3 Å². The van der Waals surface area contributed by atoms with Crippen LogP contribution in [0.3, 0.4) is 0 Å². The fourth-order valence-electron chi connectivity index (χ4n) is 3.89. The molecule has 0 aliphatic rings. The average molecular weight is 443 g/mol. The lowest BCUT2D eigenvalue weighted by Gasteiger charge is -2.22. The molecule has 0 aliphatic heterocycles. The van der Waals surface area contributed by atoms with Gasteiger partial charge >= 0.3 is 0 Å². The Morgan fingerprint density at radius 2 is 1.76 bits per heavy atom. The number of aryl methyl sites for hydroxylation is 1. The first-order chi connectivity index (χ1) is 16.1. The van der Waals surface area contributed by atoms with Gasteiger partial charge in [-0.3, -0.25) is 9.78 Å². The molecule has 0 spiro atoms. The van der Waals surface area contributed by atoms with Gasteiger partial charge in [-0.25, -0.2) is 0 Å². The number of rotatable bonds is 8. The Kier molecular flexibility index (Phi) is 6.74. The van der Waals surface area contributed by atoms with Crippen LogP contribution in [0.4, 0.5) is 0 Å². The third-order valence-corrected chi connectivity index (χ3v) is 5.62. The maximum Gasteiger partial charge on any atom is 0.221 e. The highest BCUT2D eigenvalue weighted by Crippen LogP contribution is 2.37. The summed E-state index contributed by atoms with van der Waals surface area (Å²) in [5.74, 6) is 1.03. The summed E-state index contributed by atoms with van der Waals surface area (Å²) in [5.41, 5.74) is 2.89. The minimum absolute atomic E-state index is 0.0382. The van der Waals surface area contributed by atoms with E-state index in [-0.39, 0.29) is 11.7 Å². The highest BCUT2D eigenvalue weighted by Gasteiger charge is 2.23. The van der Waals surface area contributed by atoms with Crippen molar-refractivity contribution in [3.8, 4) is 17.2 Å². The molecule has 3 aromatic carbocycles. The van der Waals surface area contributed by atoms with Gasteiger partial charge in [0.15, 0.2) is 11.5 Å². The largest absolute Gasteiger partial charge is 0.505 e. The summed E-state index contributed by atoms with van der Waals surface area (Å²) in [7, 11) is 3.13. The maximum absolute atomic E-state index is 13.0. The number of carbonyl (C=O) groups excluding carboxylic acids is 1. The van der Waals surface area contributed by atoms with Gasteiger partial charge in [-0.2, -0.15) is 0 Å². The number of aromatic nitrogens is 1. The number of ether oxygens (including phenoxy) is 2. The van der Waals surface area contributed by atoms with Gasteiger partial charge in [0.1, 0.15) is 11.3 Å². The summed E-state index contributed by atoms with van der Waals surface area (Å²) < 4.78 is 10.8. The number of amides is 1. The molecule has 0 aliphatic carbocycles. The van der Waals surface area contributed by atoms with Gasteiger partial charge in [0.25, 0.3) is 0 Å². The van der Waals surface area contributed by atoms with Gasteiger partial charge in [-0.05, 0) is 35.7 Å². The number of pyridine rings is 1. The topological polar surface area (TPSA) is 80.7 Å². The van der Waals surface area contributed by atoms with Crippen LogP contribution in [0.5, 0.6) is 17.2 Å². The highest BCUT2D eigenvalue weighted by molar-refractivity contribution is 5.86. The number of fused-ring (bicyclic) bond motifs is 1. The van der Waals surface area contributed by atoms with E-state index < -0.39 is 6.04 Å². The minimum Gasteiger partial charge on any atom is -0.505 e. The second kappa shape index (κ2) is 10.0. The molecule has 1 aromatic heterocycles. The molecule has 2 N–H and O–H groups in total. The third kappa shape index (κ3) is 4.90. The molecule has 6 nitrogen and oxygen atoms in total. The number of hydrogen-bond acceptors (Lipinski definition) is 5. The zero-order valence-corrected chi connectivity index (χ0v) is 18.6. The Balaban J connectivity index is 1.70. The molecule has 33 heavy (non-hydrogen) atoms. The van der Waals surface area contributed by atoms with Crippen molar-refractivity contribution in [2.24, 2.45) is 0 Å². The number of nitrogens with one attached hydrogen (secondary N) is 1. The Morgan fingerprint density at radius 3 is 2.52 bits per heavy atom. The monoisotopic (exact) mass is 442 g/mol. The minimum atomic E-state index is -0.598. The maximum atomic E-state index is 13.0. The SMILES string of the molecule is COc1ccc([C@@H](NC(=O)CCc2ccccc2)c2ccc3cccnc3c2O)cc1OC. The first kappa shape index (κ1) is 22.1. The predicted octanol–water partition coefficient (Wildman–Crippen LogP) is 4.80. The molecule has 0 saturated heterocycles. The molecule has 0 unspecified atom stereocenters. The Hall–Kier alpha value is -4.06. The molecule has 0 radical (unpaired) electrons. The van der Waals surface area contributed by atoms with E-state index in [9.17, 15) is 9.90 Å². The van der Waals surface area contributed by atoms with Crippen LogP contribution in [0.2, 0.25) is 0 Å². The number of phenols is 1. The molecule has 4 rings (SSSR count). The third-order valence-electron chi connectivity index (χ3n) is 5.62. The molecular weight excluding hydrogens is 416 g/mol. The lowest BCUT2D eigenvalue weighted by Crippen LogP contribution is -2.29. The van der Waals surface area contributed by atoms with Crippen LogP contribution in [-0.2, 0) is 11.2 Å². The standard InChI is InChI=1S/C27H26N2O4/c1-32-22-14-12-20(17-23(22)33-2)25(29-24(30)15-10-18-7-4-3-5-8-18)21-13-11-19-9-6-16-28-26(19)27(21)31/h3-9,11-14,16-17,25,31H,10,15H2,1-2H3,(H,29,30)/t25-/m1/s1. The van der Waals surface area contributed by atoms with Crippen molar-refractivity contribution >= 4 is 16.8 Å². The summed E-state index contributed by atoms with van der Waals surface area (Å²) >= 11 is 0. The van der Waals surface area contributed by atoms with Crippen molar-refractivity contribution < 1.29 is 19.4 Å². The molecule has 4 aromatic rings. The van der Waals surface area contributed by atoms with Crippen LogP contribution in [0, 0.1) is 0 Å². The summed E-state index contributed by atoms with van der Waals surface area (Å²) in [6.45, 7) is 0. The molecular formula is C27H26N2O4. The molecule has 1 atom stereocenters.